The van der Waals surface area contributed by atoms with Gasteiger partial charge in [0.25, 0.3) is 0 Å². The minimum atomic E-state index is -0.684. The molecule has 2 atom stereocenters. The average Bonchev–Trinajstić information content (AvgIpc) is 2.28. The first kappa shape index (κ1) is 16.8. The molecule has 4 heteroatoms. The molecule has 0 amide bonds. The van der Waals surface area contributed by atoms with Crippen LogP contribution in [0.4, 0.5) is 4.39 Å². The number of esters is 1. The van der Waals surface area contributed by atoms with Crippen LogP contribution < -0.4 is 0 Å². The van der Waals surface area contributed by atoms with Crippen molar-refractivity contribution in [2.75, 3.05) is 12.9 Å². The number of methoxy groups -OCH3 is 1. The van der Waals surface area contributed by atoms with Gasteiger partial charge in [0.2, 0.25) is 0 Å². The first-order valence-corrected chi connectivity index (χ1v) is 7.41. The maximum atomic E-state index is 13.2. The SMILES string of the molecule is CCCC(F)CCCSC(C(=O)OC)C(C)C. The van der Waals surface area contributed by atoms with Crippen molar-refractivity contribution in [1.82, 2.24) is 0 Å². The summed E-state index contributed by atoms with van der Waals surface area (Å²) in [5.41, 5.74) is 0. The third kappa shape index (κ3) is 7.63. The molecule has 17 heavy (non-hydrogen) atoms. The van der Waals surface area contributed by atoms with Crippen LogP contribution in [0.5, 0.6) is 0 Å². The minimum Gasteiger partial charge on any atom is -0.468 e. The number of rotatable bonds is 9. The fourth-order valence-electron chi connectivity index (χ4n) is 1.62. The highest BCUT2D eigenvalue weighted by Crippen LogP contribution is 2.23. The van der Waals surface area contributed by atoms with Gasteiger partial charge >= 0.3 is 5.97 Å². The first-order chi connectivity index (χ1) is 8.02. The second-order valence-corrected chi connectivity index (χ2v) is 5.84. The maximum Gasteiger partial charge on any atom is 0.319 e. The van der Waals surface area contributed by atoms with Crippen molar-refractivity contribution in [2.24, 2.45) is 5.92 Å². The van der Waals surface area contributed by atoms with E-state index in [4.69, 9.17) is 4.74 Å². The Hall–Kier alpha value is -0.250. The van der Waals surface area contributed by atoms with Crippen molar-refractivity contribution in [1.29, 1.82) is 0 Å². The van der Waals surface area contributed by atoms with Crippen molar-refractivity contribution in [3.63, 3.8) is 0 Å². The van der Waals surface area contributed by atoms with Crippen LogP contribution in [0.15, 0.2) is 0 Å². The molecule has 0 aromatic heterocycles. The number of carbonyl (C=O) groups excluding carboxylic acids is 1. The molecule has 0 aliphatic rings. The van der Waals surface area contributed by atoms with Gasteiger partial charge in [-0.2, -0.15) is 0 Å². The normalized spacial score (nSPS) is 14.7. The molecule has 2 unspecified atom stereocenters. The molecule has 2 nitrogen and oxygen atoms in total. The van der Waals surface area contributed by atoms with Crippen molar-refractivity contribution >= 4 is 17.7 Å². The van der Waals surface area contributed by atoms with E-state index in [0.29, 0.717) is 12.8 Å². The molecule has 0 rings (SSSR count). The zero-order valence-electron chi connectivity index (χ0n) is 11.4. The van der Waals surface area contributed by atoms with E-state index in [1.165, 1.54) is 7.11 Å². The summed E-state index contributed by atoms with van der Waals surface area (Å²) in [6.45, 7) is 6.00. The highest BCUT2D eigenvalue weighted by atomic mass is 32.2. The van der Waals surface area contributed by atoms with Crippen LogP contribution in [0.1, 0.15) is 46.5 Å². The summed E-state index contributed by atoms with van der Waals surface area (Å²) in [6, 6.07) is 0. The third-order valence-corrected chi connectivity index (χ3v) is 4.22. The number of thioether (sulfide) groups is 1. The van der Waals surface area contributed by atoms with Crippen LogP contribution in [0.25, 0.3) is 0 Å². The van der Waals surface area contributed by atoms with Gasteiger partial charge in [-0.3, -0.25) is 4.79 Å². The number of carbonyl (C=O) groups is 1. The highest BCUT2D eigenvalue weighted by molar-refractivity contribution is 8.00. The Morgan fingerprint density at radius 2 is 2.00 bits per heavy atom. The number of hydrogen-bond donors (Lipinski definition) is 0. The van der Waals surface area contributed by atoms with Crippen LogP contribution in [0.2, 0.25) is 0 Å². The summed E-state index contributed by atoms with van der Waals surface area (Å²) in [6.07, 6.45) is 2.29. The van der Waals surface area contributed by atoms with Crippen molar-refractivity contribution in [3.05, 3.63) is 0 Å². The second kappa shape index (κ2) is 9.75. The predicted octanol–water partition coefficient (Wildman–Crippen LogP) is 3.84. The van der Waals surface area contributed by atoms with E-state index < -0.39 is 6.17 Å². The van der Waals surface area contributed by atoms with Gasteiger partial charge < -0.3 is 4.74 Å². The number of hydrogen-bond acceptors (Lipinski definition) is 3. The molecule has 0 radical (unpaired) electrons. The molecule has 0 heterocycles. The standard InChI is InChI=1S/C13H25FO2S/c1-5-7-11(14)8-6-9-17-12(10(2)3)13(15)16-4/h10-12H,5-9H2,1-4H3. The molecule has 0 aliphatic heterocycles. The van der Waals surface area contributed by atoms with E-state index in [1.54, 1.807) is 11.8 Å². The Kier molecular flexibility index (Phi) is 9.60. The molecule has 102 valence electrons. The third-order valence-electron chi connectivity index (χ3n) is 2.60. The lowest BCUT2D eigenvalue weighted by Gasteiger charge is -2.17. The summed E-state index contributed by atoms with van der Waals surface area (Å²) in [5.74, 6) is 0.904. The van der Waals surface area contributed by atoms with Gasteiger partial charge in [-0.1, -0.05) is 27.2 Å². The molecule has 0 N–H and O–H groups in total. The van der Waals surface area contributed by atoms with Crippen molar-refractivity contribution in [2.45, 2.75) is 57.9 Å². The van der Waals surface area contributed by atoms with Crippen LogP contribution in [0, 0.1) is 5.92 Å². The molecule has 0 aromatic carbocycles. The molecule has 0 saturated heterocycles. The Labute approximate surface area is 109 Å². The molecule has 0 aromatic rings. The van der Waals surface area contributed by atoms with Crippen LogP contribution in [-0.4, -0.2) is 30.3 Å². The molecule has 0 bridgehead atoms. The lowest BCUT2D eigenvalue weighted by Crippen LogP contribution is -2.25. The minimum absolute atomic E-state index is 0.121. The number of alkyl halides is 1. The molecular formula is C13H25FO2S. The fraction of sp³-hybridized carbons (Fsp3) is 0.923. The Morgan fingerprint density at radius 3 is 2.47 bits per heavy atom. The summed E-state index contributed by atoms with van der Waals surface area (Å²) < 4.78 is 18.0. The molecule has 0 fully saturated rings. The van der Waals surface area contributed by atoms with E-state index in [9.17, 15) is 9.18 Å². The van der Waals surface area contributed by atoms with Gasteiger partial charge in [-0.15, -0.1) is 11.8 Å². The van der Waals surface area contributed by atoms with Crippen molar-refractivity contribution < 1.29 is 13.9 Å². The molecule has 0 aliphatic carbocycles. The summed E-state index contributed by atoms with van der Waals surface area (Å²) in [4.78, 5) is 11.5. The summed E-state index contributed by atoms with van der Waals surface area (Å²) in [7, 11) is 1.41. The zero-order valence-corrected chi connectivity index (χ0v) is 12.2. The number of ether oxygens (including phenoxy) is 1. The summed E-state index contributed by atoms with van der Waals surface area (Å²) in [5, 5.41) is -0.121. The smallest absolute Gasteiger partial charge is 0.319 e. The monoisotopic (exact) mass is 264 g/mol. The van der Waals surface area contributed by atoms with Gasteiger partial charge in [-0.25, -0.2) is 4.39 Å². The van der Waals surface area contributed by atoms with Crippen LogP contribution in [0.3, 0.4) is 0 Å². The predicted molar refractivity (Wildman–Crippen MR) is 72.1 cm³/mol. The quantitative estimate of drug-likeness (QED) is 0.467. The topological polar surface area (TPSA) is 26.3 Å². The van der Waals surface area contributed by atoms with Gasteiger partial charge in [0.1, 0.15) is 11.4 Å². The Bertz CT molecular complexity index is 210. The molecule has 0 spiro atoms. The van der Waals surface area contributed by atoms with Crippen LogP contribution in [-0.2, 0) is 9.53 Å². The second-order valence-electron chi connectivity index (χ2n) is 4.59. The fourth-order valence-corrected chi connectivity index (χ4v) is 2.83. The molecule has 0 saturated carbocycles. The lowest BCUT2D eigenvalue weighted by atomic mass is 10.1. The van der Waals surface area contributed by atoms with E-state index in [2.05, 4.69) is 0 Å². The first-order valence-electron chi connectivity index (χ1n) is 6.36. The van der Waals surface area contributed by atoms with Gasteiger partial charge in [-0.05, 0) is 30.9 Å². The van der Waals surface area contributed by atoms with E-state index in [-0.39, 0.29) is 17.1 Å². The highest BCUT2D eigenvalue weighted by Gasteiger charge is 2.23. The maximum absolute atomic E-state index is 13.2. The van der Waals surface area contributed by atoms with E-state index in [1.807, 2.05) is 20.8 Å². The van der Waals surface area contributed by atoms with Gasteiger partial charge in [0, 0.05) is 0 Å². The van der Waals surface area contributed by atoms with Crippen LogP contribution >= 0.6 is 11.8 Å². The molecular weight excluding hydrogens is 239 g/mol. The average molecular weight is 264 g/mol. The number of halogens is 1. The Morgan fingerprint density at radius 1 is 1.35 bits per heavy atom. The van der Waals surface area contributed by atoms with Crippen molar-refractivity contribution in [3.8, 4) is 0 Å². The largest absolute Gasteiger partial charge is 0.468 e. The Balaban J connectivity index is 3.79. The zero-order chi connectivity index (χ0) is 13.3. The lowest BCUT2D eigenvalue weighted by molar-refractivity contribution is -0.140. The van der Waals surface area contributed by atoms with E-state index >= 15 is 0 Å². The van der Waals surface area contributed by atoms with Gasteiger partial charge in [0.05, 0.1) is 7.11 Å². The summed E-state index contributed by atoms with van der Waals surface area (Å²) >= 11 is 1.58. The van der Waals surface area contributed by atoms with E-state index in [0.717, 1.165) is 18.6 Å². The van der Waals surface area contributed by atoms with Gasteiger partial charge in [0.15, 0.2) is 0 Å².